The highest BCUT2D eigenvalue weighted by atomic mass is 16.5. The van der Waals surface area contributed by atoms with E-state index in [2.05, 4.69) is 12.2 Å². The van der Waals surface area contributed by atoms with Crippen LogP contribution in [0.1, 0.15) is 46.0 Å². The van der Waals surface area contributed by atoms with Gasteiger partial charge >= 0.3 is 0 Å². The van der Waals surface area contributed by atoms with Crippen molar-refractivity contribution in [1.29, 1.82) is 0 Å². The molecule has 0 aromatic heterocycles. The van der Waals surface area contributed by atoms with E-state index in [-0.39, 0.29) is 18.1 Å². The zero-order valence-electron chi connectivity index (χ0n) is 11.0. The molecule has 1 rings (SSSR count). The van der Waals surface area contributed by atoms with Gasteiger partial charge in [0.15, 0.2) is 0 Å². The largest absolute Gasteiger partial charge is 0.394 e. The Labute approximate surface area is 104 Å². The van der Waals surface area contributed by atoms with Gasteiger partial charge in [-0.25, -0.2) is 0 Å². The second kappa shape index (κ2) is 6.97. The van der Waals surface area contributed by atoms with Gasteiger partial charge in [0.1, 0.15) is 0 Å². The van der Waals surface area contributed by atoms with Crippen LogP contribution in [-0.2, 0) is 9.53 Å². The van der Waals surface area contributed by atoms with E-state index >= 15 is 0 Å². The summed E-state index contributed by atoms with van der Waals surface area (Å²) < 4.78 is 5.15. The summed E-state index contributed by atoms with van der Waals surface area (Å²) in [6.07, 6.45) is 4.29. The summed E-state index contributed by atoms with van der Waals surface area (Å²) in [6, 6.07) is 0. The second-order valence-electron chi connectivity index (χ2n) is 5.12. The molecule has 17 heavy (non-hydrogen) atoms. The number of aliphatic hydroxyl groups excluding tert-OH is 1. The van der Waals surface area contributed by atoms with Gasteiger partial charge in [-0.15, -0.1) is 0 Å². The third-order valence-corrected chi connectivity index (χ3v) is 3.62. The number of aliphatic hydroxyl groups is 1. The average Bonchev–Trinajstić information content (AvgIpc) is 2.33. The Kier molecular flexibility index (Phi) is 5.92. The molecule has 4 heteroatoms. The number of hydrogen-bond acceptors (Lipinski definition) is 3. The van der Waals surface area contributed by atoms with Crippen molar-refractivity contribution < 1.29 is 14.6 Å². The van der Waals surface area contributed by atoms with Crippen molar-refractivity contribution in [2.45, 2.75) is 51.5 Å². The highest BCUT2D eigenvalue weighted by Crippen LogP contribution is 2.31. The molecule has 0 spiro atoms. The van der Waals surface area contributed by atoms with Crippen LogP contribution < -0.4 is 5.32 Å². The van der Waals surface area contributed by atoms with E-state index in [1.165, 1.54) is 0 Å². The molecule has 1 amide bonds. The lowest BCUT2D eigenvalue weighted by Gasteiger charge is -2.38. The summed E-state index contributed by atoms with van der Waals surface area (Å²) in [5.74, 6) is 0.692. The third kappa shape index (κ3) is 4.64. The first-order valence-electron chi connectivity index (χ1n) is 6.61. The lowest BCUT2D eigenvalue weighted by molar-refractivity contribution is -0.125. The van der Waals surface area contributed by atoms with Gasteiger partial charge in [0, 0.05) is 13.0 Å². The van der Waals surface area contributed by atoms with Gasteiger partial charge in [-0.2, -0.15) is 0 Å². The standard InChI is InChI=1S/C13H25NO3/c1-3-17-9-6-12(16)14-13(10-15)7-4-11(2)5-8-13/h11,15H,3-10H2,1-2H3,(H,14,16). The molecule has 0 atom stereocenters. The van der Waals surface area contributed by atoms with Crippen molar-refractivity contribution in [3.05, 3.63) is 0 Å². The molecule has 1 aliphatic rings. The number of hydrogen-bond donors (Lipinski definition) is 2. The molecule has 100 valence electrons. The van der Waals surface area contributed by atoms with E-state index in [1.54, 1.807) is 0 Å². The maximum atomic E-state index is 11.7. The van der Waals surface area contributed by atoms with Crippen LogP contribution in [-0.4, -0.2) is 36.4 Å². The number of carbonyl (C=O) groups excluding carboxylic acids is 1. The Bertz CT molecular complexity index is 235. The lowest BCUT2D eigenvalue weighted by Crippen LogP contribution is -2.53. The van der Waals surface area contributed by atoms with E-state index < -0.39 is 0 Å². The minimum atomic E-state index is -0.379. The minimum Gasteiger partial charge on any atom is -0.394 e. The first-order chi connectivity index (χ1) is 8.12. The van der Waals surface area contributed by atoms with Gasteiger partial charge in [-0.3, -0.25) is 4.79 Å². The SMILES string of the molecule is CCOCCC(=O)NC1(CO)CCC(C)CC1. The average molecular weight is 243 g/mol. The fourth-order valence-corrected chi connectivity index (χ4v) is 2.30. The molecule has 0 heterocycles. The van der Waals surface area contributed by atoms with Gasteiger partial charge in [0.05, 0.1) is 18.8 Å². The Morgan fingerprint density at radius 2 is 2.12 bits per heavy atom. The quantitative estimate of drug-likeness (QED) is 0.695. The van der Waals surface area contributed by atoms with Crippen LogP contribution in [0.25, 0.3) is 0 Å². The summed E-state index contributed by atoms with van der Waals surface area (Å²) in [4.78, 5) is 11.7. The fraction of sp³-hybridized carbons (Fsp3) is 0.923. The Morgan fingerprint density at radius 1 is 1.47 bits per heavy atom. The molecule has 0 saturated heterocycles. The number of amides is 1. The van der Waals surface area contributed by atoms with E-state index in [0.29, 0.717) is 25.6 Å². The summed E-state index contributed by atoms with van der Waals surface area (Å²) in [5, 5.41) is 12.5. The topological polar surface area (TPSA) is 58.6 Å². The molecule has 0 unspecified atom stereocenters. The summed E-state index contributed by atoms with van der Waals surface area (Å²) in [7, 11) is 0. The van der Waals surface area contributed by atoms with Crippen LogP contribution in [0.2, 0.25) is 0 Å². The molecular formula is C13H25NO3. The molecule has 1 fully saturated rings. The van der Waals surface area contributed by atoms with Crippen molar-refractivity contribution in [3.63, 3.8) is 0 Å². The Morgan fingerprint density at radius 3 is 2.65 bits per heavy atom. The van der Waals surface area contributed by atoms with Crippen LogP contribution in [0.4, 0.5) is 0 Å². The van der Waals surface area contributed by atoms with E-state index in [0.717, 1.165) is 25.7 Å². The molecule has 0 aromatic carbocycles. The molecular weight excluding hydrogens is 218 g/mol. The number of ether oxygens (including phenoxy) is 1. The smallest absolute Gasteiger partial charge is 0.222 e. The van der Waals surface area contributed by atoms with Crippen LogP contribution in [0.5, 0.6) is 0 Å². The first kappa shape index (κ1) is 14.5. The number of rotatable bonds is 6. The van der Waals surface area contributed by atoms with Crippen molar-refractivity contribution in [3.8, 4) is 0 Å². The van der Waals surface area contributed by atoms with Crippen LogP contribution in [0.15, 0.2) is 0 Å². The molecule has 0 aromatic rings. The van der Waals surface area contributed by atoms with Gasteiger partial charge < -0.3 is 15.2 Å². The molecule has 1 saturated carbocycles. The van der Waals surface area contributed by atoms with Crippen LogP contribution in [0.3, 0.4) is 0 Å². The van der Waals surface area contributed by atoms with Crippen LogP contribution in [0, 0.1) is 5.92 Å². The molecule has 0 aliphatic heterocycles. The van der Waals surface area contributed by atoms with Crippen LogP contribution >= 0.6 is 0 Å². The number of nitrogens with one attached hydrogen (secondary N) is 1. The monoisotopic (exact) mass is 243 g/mol. The Hall–Kier alpha value is -0.610. The highest BCUT2D eigenvalue weighted by Gasteiger charge is 2.34. The van der Waals surface area contributed by atoms with Gasteiger partial charge in [-0.05, 0) is 38.5 Å². The molecule has 0 bridgehead atoms. The zero-order chi connectivity index (χ0) is 12.7. The molecule has 1 aliphatic carbocycles. The minimum absolute atomic E-state index is 0.0120. The van der Waals surface area contributed by atoms with E-state index in [9.17, 15) is 9.90 Å². The molecule has 0 radical (unpaired) electrons. The van der Waals surface area contributed by atoms with Crippen molar-refractivity contribution in [2.24, 2.45) is 5.92 Å². The normalized spacial score (nSPS) is 29.0. The van der Waals surface area contributed by atoms with Crippen molar-refractivity contribution in [2.75, 3.05) is 19.8 Å². The Balaban J connectivity index is 2.37. The maximum absolute atomic E-state index is 11.7. The highest BCUT2D eigenvalue weighted by molar-refractivity contribution is 5.76. The first-order valence-corrected chi connectivity index (χ1v) is 6.61. The fourth-order valence-electron chi connectivity index (χ4n) is 2.30. The number of carbonyl (C=O) groups is 1. The van der Waals surface area contributed by atoms with Gasteiger partial charge in [0.2, 0.25) is 5.91 Å². The molecule has 2 N–H and O–H groups in total. The summed E-state index contributed by atoms with van der Waals surface area (Å²) in [6.45, 7) is 5.27. The van der Waals surface area contributed by atoms with Gasteiger partial charge in [-0.1, -0.05) is 6.92 Å². The second-order valence-corrected chi connectivity index (χ2v) is 5.12. The van der Waals surface area contributed by atoms with Crippen molar-refractivity contribution >= 4 is 5.91 Å². The third-order valence-electron chi connectivity index (χ3n) is 3.62. The predicted octanol–water partition coefficient (Wildman–Crippen LogP) is 1.47. The summed E-state index contributed by atoms with van der Waals surface area (Å²) in [5.41, 5.74) is -0.379. The van der Waals surface area contributed by atoms with Crippen molar-refractivity contribution in [1.82, 2.24) is 5.32 Å². The lowest BCUT2D eigenvalue weighted by atomic mass is 9.77. The van der Waals surface area contributed by atoms with E-state index in [1.807, 2.05) is 6.92 Å². The zero-order valence-corrected chi connectivity index (χ0v) is 11.0. The summed E-state index contributed by atoms with van der Waals surface area (Å²) >= 11 is 0. The molecule has 4 nitrogen and oxygen atoms in total. The van der Waals surface area contributed by atoms with Gasteiger partial charge in [0.25, 0.3) is 0 Å². The van der Waals surface area contributed by atoms with E-state index in [4.69, 9.17) is 4.74 Å². The maximum Gasteiger partial charge on any atom is 0.222 e. The predicted molar refractivity (Wildman–Crippen MR) is 66.7 cm³/mol.